The standard InChI is InChI=1S/C9H14N2.ClH/c1-3-11(4-2)9-5-7-10-8-6-9;/h5-8H,3-4H2,1-2H3;1H. The van der Waals surface area contributed by atoms with Crippen molar-refractivity contribution in [3.63, 3.8) is 0 Å². The molecule has 0 bridgehead atoms. The summed E-state index contributed by atoms with van der Waals surface area (Å²) in [4.78, 5) is 6.26. The summed E-state index contributed by atoms with van der Waals surface area (Å²) in [6, 6.07) is 4.07. The van der Waals surface area contributed by atoms with Crippen LogP contribution in [0.3, 0.4) is 0 Å². The van der Waals surface area contributed by atoms with Gasteiger partial charge in [-0.25, -0.2) is 0 Å². The Morgan fingerprint density at radius 2 is 1.67 bits per heavy atom. The van der Waals surface area contributed by atoms with Crippen molar-refractivity contribution >= 4 is 18.1 Å². The van der Waals surface area contributed by atoms with E-state index >= 15 is 0 Å². The van der Waals surface area contributed by atoms with Crippen LogP contribution < -0.4 is 4.90 Å². The summed E-state index contributed by atoms with van der Waals surface area (Å²) in [6.07, 6.45) is 3.65. The van der Waals surface area contributed by atoms with Gasteiger partial charge in [0.25, 0.3) is 0 Å². The molecule has 0 unspecified atom stereocenters. The van der Waals surface area contributed by atoms with Crippen molar-refractivity contribution in [1.82, 2.24) is 4.98 Å². The van der Waals surface area contributed by atoms with Crippen LogP contribution in [0.5, 0.6) is 0 Å². The molecule has 2 nitrogen and oxygen atoms in total. The topological polar surface area (TPSA) is 16.1 Å². The molecule has 0 saturated carbocycles. The molecule has 0 N–H and O–H groups in total. The third-order valence-electron chi connectivity index (χ3n) is 1.79. The van der Waals surface area contributed by atoms with Gasteiger partial charge in [0, 0.05) is 31.2 Å². The number of anilines is 1. The molecule has 0 saturated heterocycles. The van der Waals surface area contributed by atoms with Crippen LogP contribution in [0.4, 0.5) is 5.69 Å². The zero-order chi connectivity index (χ0) is 8.10. The lowest BCUT2D eigenvalue weighted by molar-refractivity contribution is 0.865. The second kappa shape index (κ2) is 5.84. The molecule has 0 spiro atoms. The molecule has 0 aromatic carbocycles. The summed E-state index contributed by atoms with van der Waals surface area (Å²) in [6.45, 7) is 6.43. The normalized spacial score (nSPS) is 8.83. The summed E-state index contributed by atoms with van der Waals surface area (Å²) in [5.41, 5.74) is 1.25. The first-order valence-corrected chi connectivity index (χ1v) is 4.03. The zero-order valence-electron chi connectivity index (χ0n) is 7.53. The van der Waals surface area contributed by atoms with Crippen molar-refractivity contribution in [2.75, 3.05) is 18.0 Å². The van der Waals surface area contributed by atoms with Crippen LogP contribution in [0.1, 0.15) is 13.8 Å². The fourth-order valence-corrected chi connectivity index (χ4v) is 1.14. The van der Waals surface area contributed by atoms with E-state index in [0.29, 0.717) is 0 Å². The van der Waals surface area contributed by atoms with Crippen molar-refractivity contribution in [2.24, 2.45) is 0 Å². The monoisotopic (exact) mass is 186 g/mol. The number of hydrogen-bond acceptors (Lipinski definition) is 2. The largest absolute Gasteiger partial charge is 0.372 e. The number of pyridine rings is 1. The van der Waals surface area contributed by atoms with Gasteiger partial charge < -0.3 is 4.90 Å². The Bertz CT molecular complexity index is 197. The second-order valence-corrected chi connectivity index (χ2v) is 2.38. The Labute approximate surface area is 80.0 Å². The van der Waals surface area contributed by atoms with Crippen molar-refractivity contribution in [3.8, 4) is 0 Å². The summed E-state index contributed by atoms with van der Waals surface area (Å²) in [5, 5.41) is 0. The van der Waals surface area contributed by atoms with E-state index in [0.717, 1.165) is 13.1 Å². The van der Waals surface area contributed by atoms with E-state index in [1.165, 1.54) is 5.69 Å². The van der Waals surface area contributed by atoms with Gasteiger partial charge in [-0.2, -0.15) is 0 Å². The lowest BCUT2D eigenvalue weighted by Gasteiger charge is -2.20. The summed E-state index contributed by atoms with van der Waals surface area (Å²) < 4.78 is 0. The summed E-state index contributed by atoms with van der Waals surface area (Å²) >= 11 is 0. The van der Waals surface area contributed by atoms with Gasteiger partial charge in [-0.3, -0.25) is 4.98 Å². The van der Waals surface area contributed by atoms with Crippen molar-refractivity contribution in [3.05, 3.63) is 24.5 Å². The molecule has 1 heterocycles. The summed E-state index contributed by atoms with van der Waals surface area (Å²) in [5.74, 6) is 0. The SMILES string of the molecule is CCN(CC)c1ccncc1.Cl. The molecule has 0 fully saturated rings. The molecule has 12 heavy (non-hydrogen) atoms. The highest BCUT2D eigenvalue weighted by Gasteiger charge is 1.97. The van der Waals surface area contributed by atoms with Crippen molar-refractivity contribution in [1.29, 1.82) is 0 Å². The highest BCUT2D eigenvalue weighted by Crippen LogP contribution is 2.10. The van der Waals surface area contributed by atoms with E-state index in [2.05, 4.69) is 23.7 Å². The maximum atomic E-state index is 3.97. The van der Waals surface area contributed by atoms with E-state index in [9.17, 15) is 0 Å². The van der Waals surface area contributed by atoms with Crippen LogP contribution in [0, 0.1) is 0 Å². The number of nitrogens with zero attached hydrogens (tertiary/aromatic N) is 2. The lowest BCUT2D eigenvalue weighted by atomic mass is 10.3. The number of aromatic nitrogens is 1. The van der Waals surface area contributed by atoms with Gasteiger partial charge in [0.1, 0.15) is 0 Å². The number of rotatable bonds is 3. The molecular weight excluding hydrogens is 172 g/mol. The first-order chi connectivity index (χ1) is 5.38. The van der Waals surface area contributed by atoms with Crippen LogP contribution in [-0.4, -0.2) is 18.1 Å². The molecule has 0 aliphatic rings. The van der Waals surface area contributed by atoms with E-state index in [-0.39, 0.29) is 12.4 Å². The average molecular weight is 187 g/mol. The first-order valence-electron chi connectivity index (χ1n) is 4.03. The van der Waals surface area contributed by atoms with E-state index in [1.54, 1.807) is 0 Å². The van der Waals surface area contributed by atoms with Gasteiger partial charge >= 0.3 is 0 Å². The minimum atomic E-state index is 0. The van der Waals surface area contributed by atoms with Gasteiger partial charge in [-0.1, -0.05) is 0 Å². The Morgan fingerprint density at radius 1 is 1.17 bits per heavy atom. The van der Waals surface area contributed by atoms with Crippen LogP contribution in [0.2, 0.25) is 0 Å². The molecule has 0 aliphatic carbocycles. The molecule has 3 heteroatoms. The van der Waals surface area contributed by atoms with Crippen LogP contribution in [0.25, 0.3) is 0 Å². The molecule has 0 amide bonds. The minimum absolute atomic E-state index is 0. The number of halogens is 1. The predicted molar refractivity (Wildman–Crippen MR) is 55.0 cm³/mol. The molecule has 1 aromatic heterocycles. The summed E-state index contributed by atoms with van der Waals surface area (Å²) in [7, 11) is 0. The molecule has 0 radical (unpaired) electrons. The maximum Gasteiger partial charge on any atom is 0.0396 e. The average Bonchev–Trinajstić information content (AvgIpc) is 2.09. The van der Waals surface area contributed by atoms with Gasteiger partial charge in [0.05, 0.1) is 0 Å². The minimum Gasteiger partial charge on any atom is -0.372 e. The highest BCUT2D eigenvalue weighted by atomic mass is 35.5. The van der Waals surface area contributed by atoms with Gasteiger partial charge in [-0.15, -0.1) is 12.4 Å². The van der Waals surface area contributed by atoms with Crippen molar-refractivity contribution < 1.29 is 0 Å². The van der Waals surface area contributed by atoms with Gasteiger partial charge in [-0.05, 0) is 26.0 Å². The molecule has 1 rings (SSSR count). The van der Waals surface area contributed by atoms with Crippen LogP contribution in [-0.2, 0) is 0 Å². The molecule has 1 aromatic rings. The molecular formula is C9H15ClN2. The van der Waals surface area contributed by atoms with E-state index in [1.807, 2.05) is 24.5 Å². The fourth-order valence-electron chi connectivity index (χ4n) is 1.14. The van der Waals surface area contributed by atoms with Crippen molar-refractivity contribution in [2.45, 2.75) is 13.8 Å². The highest BCUT2D eigenvalue weighted by molar-refractivity contribution is 5.85. The third kappa shape index (κ3) is 2.70. The van der Waals surface area contributed by atoms with Gasteiger partial charge in [0.15, 0.2) is 0 Å². The Kier molecular flexibility index (Phi) is 5.47. The number of hydrogen-bond donors (Lipinski definition) is 0. The third-order valence-corrected chi connectivity index (χ3v) is 1.79. The van der Waals surface area contributed by atoms with E-state index < -0.39 is 0 Å². The second-order valence-electron chi connectivity index (χ2n) is 2.38. The quantitative estimate of drug-likeness (QED) is 0.721. The molecule has 68 valence electrons. The Balaban J connectivity index is 0.00000121. The predicted octanol–water partition coefficient (Wildman–Crippen LogP) is 2.35. The van der Waals surface area contributed by atoms with Crippen LogP contribution in [0.15, 0.2) is 24.5 Å². The Morgan fingerprint density at radius 3 is 2.08 bits per heavy atom. The molecule has 0 atom stereocenters. The Hall–Kier alpha value is -0.760. The van der Waals surface area contributed by atoms with Gasteiger partial charge in [0.2, 0.25) is 0 Å². The fraction of sp³-hybridized carbons (Fsp3) is 0.444. The van der Waals surface area contributed by atoms with E-state index in [4.69, 9.17) is 0 Å². The van der Waals surface area contributed by atoms with Crippen LogP contribution >= 0.6 is 12.4 Å². The smallest absolute Gasteiger partial charge is 0.0396 e. The lowest BCUT2D eigenvalue weighted by Crippen LogP contribution is -2.21. The molecule has 0 aliphatic heterocycles. The zero-order valence-corrected chi connectivity index (χ0v) is 8.34. The first kappa shape index (κ1) is 11.2. The maximum absolute atomic E-state index is 3.97.